The fraction of sp³-hybridized carbons (Fsp3) is 0.375. The van der Waals surface area contributed by atoms with Crippen molar-refractivity contribution < 1.29 is 17.9 Å². The minimum absolute atomic E-state index is 0.0471. The van der Waals surface area contributed by atoms with E-state index in [0.29, 0.717) is 5.82 Å². The number of nitrogens with one attached hydrogen (secondary N) is 1. The second-order valence-corrected chi connectivity index (χ2v) is 2.51. The van der Waals surface area contributed by atoms with Crippen LogP contribution in [0, 0.1) is 0 Å². The monoisotopic (exact) mass is 206 g/mol. The highest BCUT2D eigenvalue weighted by Crippen LogP contribution is 2.17. The SMILES string of the molecule is CNc1cccc(OCC(F)(F)F)n1. The Morgan fingerprint density at radius 1 is 1.43 bits per heavy atom. The summed E-state index contributed by atoms with van der Waals surface area (Å²) in [6.45, 7) is -1.33. The molecule has 0 spiro atoms. The molecule has 14 heavy (non-hydrogen) atoms. The number of ether oxygens (including phenoxy) is 1. The molecule has 1 aromatic rings. The summed E-state index contributed by atoms with van der Waals surface area (Å²) < 4.78 is 39.7. The molecule has 0 aromatic carbocycles. The Kier molecular flexibility index (Phi) is 3.16. The molecule has 3 nitrogen and oxygen atoms in total. The van der Waals surface area contributed by atoms with Gasteiger partial charge in [0.15, 0.2) is 6.61 Å². The topological polar surface area (TPSA) is 34.1 Å². The molecular formula is C8H9F3N2O. The summed E-state index contributed by atoms with van der Waals surface area (Å²) in [6.07, 6.45) is -4.34. The second-order valence-electron chi connectivity index (χ2n) is 2.51. The molecule has 0 radical (unpaired) electrons. The van der Waals surface area contributed by atoms with E-state index in [9.17, 15) is 13.2 Å². The number of alkyl halides is 3. The van der Waals surface area contributed by atoms with Gasteiger partial charge in [0, 0.05) is 13.1 Å². The third-order valence-corrected chi connectivity index (χ3v) is 1.36. The van der Waals surface area contributed by atoms with Crippen molar-refractivity contribution in [3.63, 3.8) is 0 Å². The Hall–Kier alpha value is -1.46. The molecule has 0 bridgehead atoms. The molecule has 78 valence electrons. The summed E-state index contributed by atoms with van der Waals surface area (Å²) in [6, 6.07) is 4.55. The third kappa shape index (κ3) is 3.51. The number of aromatic nitrogens is 1. The summed E-state index contributed by atoms with van der Waals surface area (Å²) in [5.41, 5.74) is 0. The molecule has 0 unspecified atom stereocenters. The Bertz CT molecular complexity index is 301. The van der Waals surface area contributed by atoms with Gasteiger partial charge in [0.05, 0.1) is 0 Å². The van der Waals surface area contributed by atoms with Crippen LogP contribution in [-0.2, 0) is 0 Å². The molecule has 0 saturated heterocycles. The lowest BCUT2D eigenvalue weighted by Crippen LogP contribution is -2.19. The first-order chi connectivity index (χ1) is 6.51. The largest absolute Gasteiger partial charge is 0.468 e. The summed E-state index contributed by atoms with van der Waals surface area (Å²) in [5.74, 6) is 0.416. The summed E-state index contributed by atoms with van der Waals surface area (Å²) in [5, 5.41) is 2.69. The lowest BCUT2D eigenvalue weighted by Gasteiger charge is -2.08. The van der Waals surface area contributed by atoms with Crippen LogP contribution in [0.3, 0.4) is 0 Å². The maximum absolute atomic E-state index is 11.8. The van der Waals surface area contributed by atoms with E-state index < -0.39 is 12.8 Å². The zero-order valence-electron chi connectivity index (χ0n) is 7.43. The molecule has 1 rings (SSSR count). The average Bonchev–Trinajstić information content (AvgIpc) is 2.14. The third-order valence-electron chi connectivity index (χ3n) is 1.36. The van der Waals surface area contributed by atoms with Crippen molar-refractivity contribution in [2.24, 2.45) is 0 Å². The molecule has 1 heterocycles. The van der Waals surface area contributed by atoms with Gasteiger partial charge in [0.1, 0.15) is 5.82 Å². The number of nitrogens with zero attached hydrogens (tertiary/aromatic N) is 1. The van der Waals surface area contributed by atoms with Gasteiger partial charge in [-0.2, -0.15) is 18.2 Å². The van der Waals surface area contributed by atoms with E-state index in [-0.39, 0.29) is 5.88 Å². The van der Waals surface area contributed by atoms with Gasteiger partial charge < -0.3 is 10.1 Å². The molecule has 6 heteroatoms. The van der Waals surface area contributed by atoms with Crippen LogP contribution in [0.2, 0.25) is 0 Å². The van der Waals surface area contributed by atoms with E-state index in [1.807, 2.05) is 0 Å². The Balaban J connectivity index is 2.59. The minimum atomic E-state index is -4.34. The van der Waals surface area contributed by atoms with Crippen molar-refractivity contribution in [2.45, 2.75) is 6.18 Å². The van der Waals surface area contributed by atoms with Gasteiger partial charge in [-0.15, -0.1) is 0 Å². The fourth-order valence-corrected chi connectivity index (χ4v) is 0.790. The number of hydrogen-bond donors (Lipinski definition) is 1. The van der Waals surface area contributed by atoms with Crippen molar-refractivity contribution in [3.8, 4) is 5.88 Å². The highest BCUT2D eigenvalue weighted by Gasteiger charge is 2.28. The standard InChI is InChI=1S/C8H9F3N2O/c1-12-6-3-2-4-7(13-6)14-5-8(9,10)11/h2-4H,5H2,1H3,(H,12,13). The van der Waals surface area contributed by atoms with Crippen LogP contribution in [0.5, 0.6) is 5.88 Å². The molecule has 0 atom stereocenters. The highest BCUT2D eigenvalue weighted by atomic mass is 19.4. The van der Waals surface area contributed by atoms with E-state index in [1.54, 1.807) is 19.2 Å². The number of anilines is 1. The Morgan fingerprint density at radius 3 is 2.71 bits per heavy atom. The quantitative estimate of drug-likeness (QED) is 0.821. The fourth-order valence-electron chi connectivity index (χ4n) is 0.790. The molecule has 0 aliphatic heterocycles. The van der Waals surface area contributed by atoms with Crippen LogP contribution in [0.1, 0.15) is 0 Å². The first-order valence-electron chi connectivity index (χ1n) is 3.85. The van der Waals surface area contributed by atoms with Gasteiger partial charge in [-0.05, 0) is 6.07 Å². The molecule has 1 aromatic heterocycles. The minimum Gasteiger partial charge on any atom is -0.468 e. The molecule has 0 aliphatic rings. The average molecular weight is 206 g/mol. The van der Waals surface area contributed by atoms with Crippen LogP contribution in [0.4, 0.5) is 19.0 Å². The van der Waals surface area contributed by atoms with Crippen molar-refractivity contribution in [1.82, 2.24) is 4.98 Å². The van der Waals surface area contributed by atoms with Gasteiger partial charge in [0.25, 0.3) is 0 Å². The lowest BCUT2D eigenvalue weighted by molar-refractivity contribution is -0.154. The number of pyridine rings is 1. The van der Waals surface area contributed by atoms with Gasteiger partial charge in [-0.25, -0.2) is 0 Å². The predicted octanol–water partition coefficient (Wildman–Crippen LogP) is 2.06. The zero-order valence-corrected chi connectivity index (χ0v) is 7.43. The summed E-state index contributed by atoms with van der Waals surface area (Å²) in [7, 11) is 1.62. The van der Waals surface area contributed by atoms with Crippen molar-refractivity contribution in [1.29, 1.82) is 0 Å². The number of rotatable bonds is 3. The molecule has 0 aliphatic carbocycles. The zero-order chi connectivity index (χ0) is 10.6. The van der Waals surface area contributed by atoms with E-state index in [1.165, 1.54) is 6.07 Å². The number of halogens is 3. The molecule has 1 N–H and O–H groups in total. The second kappa shape index (κ2) is 4.17. The first-order valence-corrected chi connectivity index (χ1v) is 3.85. The highest BCUT2D eigenvalue weighted by molar-refractivity contribution is 5.35. The summed E-state index contributed by atoms with van der Waals surface area (Å²) in [4.78, 5) is 3.76. The predicted molar refractivity (Wildman–Crippen MR) is 45.3 cm³/mol. The first kappa shape index (κ1) is 10.6. The van der Waals surface area contributed by atoms with E-state index >= 15 is 0 Å². The van der Waals surface area contributed by atoms with E-state index in [4.69, 9.17) is 0 Å². The molecule has 0 saturated carbocycles. The van der Waals surface area contributed by atoms with Crippen molar-refractivity contribution in [3.05, 3.63) is 18.2 Å². The van der Waals surface area contributed by atoms with Crippen molar-refractivity contribution in [2.75, 3.05) is 19.0 Å². The summed E-state index contributed by atoms with van der Waals surface area (Å²) >= 11 is 0. The van der Waals surface area contributed by atoms with Crippen LogP contribution in [-0.4, -0.2) is 24.8 Å². The maximum Gasteiger partial charge on any atom is 0.422 e. The maximum atomic E-state index is 11.8. The molecule has 0 fully saturated rings. The Labute approximate surface area is 78.9 Å². The van der Waals surface area contributed by atoms with E-state index in [0.717, 1.165) is 0 Å². The van der Waals surface area contributed by atoms with Crippen LogP contribution in [0.25, 0.3) is 0 Å². The van der Waals surface area contributed by atoms with Crippen molar-refractivity contribution >= 4 is 5.82 Å². The van der Waals surface area contributed by atoms with Crippen LogP contribution < -0.4 is 10.1 Å². The van der Waals surface area contributed by atoms with Crippen LogP contribution in [0.15, 0.2) is 18.2 Å². The number of hydrogen-bond acceptors (Lipinski definition) is 3. The smallest absolute Gasteiger partial charge is 0.422 e. The van der Waals surface area contributed by atoms with Gasteiger partial charge >= 0.3 is 6.18 Å². The molecular weight excluding hydrogens is 197 g/mol. The lowest BCUT2D eigenvalue weighted by atomic mass is 10.4. The van der Waals surface area contributed by atoms with Gasteiger partial charge in [0.2, 0.25) is 5.88 Å². The van der Waals surface area contributed by atoms with E-state index in [2.05, 4.69) is 15.0 Å². The van der Waals surface area contributed by atoms with Gasteiger partial charge in [-0.3, -0.25) is 0 Å². The van der Waals surface area contributed by atoms with Gasteiger partial charge in [-0.1, -0.05) is 6.07 Å². The molecule has 0 amide bonds. The van der Waals surface area contributed by atoms with Crippen LogP contribution >= 0.6 is 0 Å². The Morgan fingerprint density at radius 2 is 2.14 bits per heavy atom. The normalized spacial score (nSPS) is 11.1.